The summed E-state index contributed by atoms with van der Waals surface area (Å²) in [6.07, 6.45) is 4.52. The number of carbonyl (C=O) groups is 3. The molecule has 9 heteroatoms. The average Bonchev–Trinajstić information content (AvgIpc) is 2.60. The van der Waals surface area contributed by atoms with E-state index in [2.05, 4.69) is 21.2 Å². The lowest BCUT2D eigenvalue weighted by atomic mass is 9.89. The van der Waals surface area contributed by atoms with Gasteiger partial charge in [0.15, 0.2) is 6.61 Å². The number of ether oxygens (including phenoxy) is 1. The van der Waals surface area contributed by atoms with Crippen LogP contribution in [0.1, 0.15) is 42.5 Å². The molecule has 0 atom stereocenters. The van der Waals surface area contributed by atoms with E-state index in [0.29, 0.717) is 0 Å². The predicted octanol–water partition coefficient (Wildman–Crippen LogP) is 2.74. The number of esters is 1. The number of imide groups is 1. The van der Waals surface area contributed by atoms with Crippen LogP contribution in [0.15, 0.2) is 22.7 Å². The minimum absolute atomic E-state index is 0.0543. The number of halogens is 1. The molecule has 1 saturated carbocycles. The molecule has 2 amide bonds. The van der Waals surface area contributed by atoms with Crippen molar-refractivity contribution in [2.75, 3.05) is 6.61 Å². The Morgan fingerprint density at radius 3 is 2.56 bits per heavy atom. The highest BCUT2D eigenvalue weighted by Gasteiger charge is 2.23. The molecule has 0 unspecified atom stereocenters. The van der Waals surface area contributed by atoms with Gasteiger partial charge in [-0.05, 0) is 40.9 Å². The first-order valence-electron chi connectivity index (χ1n) is 7.83. The minimum atomic E-state index is -0.879. The summed E-state index contributed by atoms with van der Waals surface area (Å²) < 4.78 is 5.04. The van der Waals surface area contributed by atoms with Crippen molar-refractivity contribution in [3.05, 3.63) is 38.3 Å². The molecule has 134 valence electrons. The second-order valence-electron chi connectivity index (χ2n) is 5.75. The van der Waals surface area contributed by atoms with Gasteiger partial charge in [0.2, 0.25) is 5.91 Å². The molecule has 1 aromatic carbocycles. The highest BCUT2D eigenvalue weighted by atomic mass is 79.9. The Morgan fingerprint density at radius 1 is 1.24 bits per heavy atom. The molecule has 0 spiro atoms. The van der Waals surface area contributed by atoms with E-state index >= 15 is 0 Å². The molecule has 1 aliphatic rings. The maximum Gasteiger partial charge on any atom is 0.338 e. The summed E-state index contributed by atoms with van der Waals surface area (Å²) in [7, 11) is 0. The summed E-state index contributed by atoms with van der Waals surface area (Å²) in [6, 6.07) is 3.74. The number of nitrogens with zero attached hydrogens (tertiary/aromatic N) is 1. The summed E-state index contributed by atoms with van der Waals surface area (Å²) in [4.78, 5) is 45.8. The van der Waals surface area contributed by atoms with Gasteiger partial charge in [-0.25, -0.2) is 4.79 Å². The molecule has 2 rings (SSSR count). The molecule has 0 heterocycles. The number of nitro groups is 1. The number of amides is 2. The maximum atomic E-state index is 11.9. The average molecular weight is 413 g/mol. The van der Waals surface area contributed by atoms with Crippen molar-refractivity contribution in [1.29, 1.82) is 0 Å². The van der Waals surface area contributed by atoms with E-state index in [1.807, 2.05) is 0 Å². The van der Waals surface area contributed by atoms with Crippen LogP contribution in [0.2, 0.25) is 0 Å². The van der Waals surface area contributed by atoms with Gasteiger partial charge in [-0.3, -0.25) is 25.0 Å². The van der Waals surface area contributed by atoms with E-state index in [-0.39, 0.29) is 27.5 Å². The van der Waals surface area contributed by atoms with Crippen molar-refractivity contribution in [2.24, 2.45) is 5.92 Å². The fourth-order valence-electron chi connectivity index (χ4n) is 2.63. The quantitative estimate of drug-likeness (QED) is 0.451. The first-order chi connectivity index (χ1) is 11.9. The van der Waals surface area contributed by atoms with E-state index in [9.17, 15) is 24.5 Å². The van der Waals surface area contributed by atoms with Gasteiger partial charge in [0.25, 0.3) is 11.6 Å². The third-order valence-electron chi connectivity index (χ3n) is 3.95. The fraction of sp³-hybridized carbons (Fsp3) is 0.438. The van der Waals surface area contributed by atoms with Crippen molar-refractivity contribution >= 4 is 39.4 Å². The zero-order valence-corrected chi connectivity index (χ0v) is 14.9. The summed E-state index contributed by atoms with van der Waals surface area (Å²) in [6.45, 7) is -0.624. The van der Waals surface area contributed by atoms with Crippen LogP contribution in [0.3, 0.4) is 0 Å². The molecule has 0 radical (unpaired) electrons. The van der Waals surface area contributed by atoms with Gasteiger partial charge in [-0.2, -0.15) is 0 Å². The second-order valence-corrected chi connectivity index (χ2v) is 6.60. The first kappa shape index (κ1) is 19.0. The highest BCUT2D eigenvalue weighted by Crippen LogP contribution is 2.26. The van der Waals surface area contributed by atoms with Crippen LogP contribution in [-0.2, 0) is 14.3 Å². The lowest BCUT2D eigenvalue weighted by Gasteiger charge is -2.20. The molecule has 1 fully saturated rings. The zero-order chi connectivity index (χ0) is 18.4. The van der Waals surface area contributed by atoms with E-state index < -0.39 is 23.4 Å². The van der Waals surface area contributed by atoms with Crippen LogP contribution in [0.25, 0.3) is 0 Å². The van der Waals surface area contributed by atoms with Crippen LogP contribution in [0.5, 0.6) is 0 Å². The van der Waals surface area contributed by atoms with Crippen LogP contribution >= 0.6 is 15.9 Å². The van der Waals surface area contributed by atoms with Crippen molar-refractivity contribution in [3.8, 4) is 0 Å². The van der Waals surface area contributed by atoms with Gasteiger partial charge in [-0.1, -0.05) is 19.3 Å². The summed E-state index contributed by atoms with van der Waals surface area (Å²) in [5, 5.41) is 13.1. The van der Waals surface area contributed by atoms with Crippen LogP contribution < -0.4 is 5.32 Å². The number of carbonyl (C=O) groups excluding carboxylic acids is 3. The van der Waals surface area contributed by atoms with Crippen molar-refractivity contribution in [1.82, 2.24) is 5.32 Å². The Hall–Kier alpha value is -2.29. The predicted molar refractivity (Wildman–Crippen MR) is 90.8 cm³/mol. The molecule has 1 aromatic rings. The van der Waals surface area contributed by atoms with Crippen molar-refractivity contribution in [2.45, 2.75) is 32.1 Å². The Bertz CT molecular complexity index is 700. The largest absolute Gasteiger partial charge is 0.452 e. The van der Waals surface area contributed by atoms with Crippen molar-refractivity contribution in [3.63, 3.8) is 0 Å². The molecule has 0 aliphatic heterocycles. The van der Waals surface area contributed by atoms with Gasteiger partial charge in [0.1, 0.15) is 0 Å². The zero-order valence-electron chi connectivity index (χ0n) is 13.3. The fourth-order valence-corrected chi connectivity index (χ4v) is 3.03. The van der Waals surface area contributed by atoms with Gasteiger partial charge < -0.3 is 4.74 Å². The summed E-state index contributed by atoms with van der Waals surface area (Å²) in [5.74, 6) is -2.12. The number of nitrogens with one attached hydrogen (secondary N) is 1. The van der Waals surface area contributed by atoms with E-state index in [0.717, 1.165) is 38.2 Å². The summed E-state index contributed by atoms with van der Waals surface area (Å²) in [5.41, 5.74) is -0.340. The number of nitro benzene ring substituents is 1. The third kappa shape index (κ3) is 5.35. The van der Waals surface area contributed by atoms with E-state index in [1.165, 1.54) is 12.1 Å². The number of hydrogen-bond acceptors (Lipinski definition) is 6. The minimum Gasteiger partial charge on any atom is -0.452 e. The lowest BCUT2D eigenvalue weighted by Crippen LogP contribution is -2.38. The SMILES string of the molecule is O=C(COC(=O)c1ccc(Br)c([N+](=O)[O-])c1)NC(=O)C1CCCCC1. The van der Waals surface area contributed by atoms with Crippen molar-refractivity contribution < 1.29 is 24.0 Å². The molecular weight excluding hydrogens is 396 g/mol. The number of rotatable bonds is 5. The standard InChI is InChI=1S/C16H17BrN2O6/c17-12-7-6-11(8-13(12)19(23)24)16(22)25-9-14(20)18-15(21)10-4-2-1-3-5-10/h6-8,10H,1-5,9H2,(H,18,20,21). The molecular formula is C16H17BrN2O6. The summed E-state index contributed by atoms with van der Waals surface area (Å²) >= 11 is 3.01. The van der Waals surface area contributed by atoms with Gasteiger partial charge in [-0.15, -0.1) is 0 Å². The highest BCUT2D eigenvalue weighted by molar-refractivity contribution is 9.10. The maximum absolute atomic E-state index is 11.9. The Morgan fingerprint density at radius 2 is 1.92 bits per heavy atom. The van der Waals surface area contributed by atoms with Gasteiger partial charge in [0, 0.05) is 12.0 Å². The Balaban J connectivity index is 1.86. The van der Waals surface area contributed by atoms with Crippen LogP contribution in [0.4, 0.5) is 5.69 Å². The van der Waals surface area contributed by atoms with Gasteiger partial charge in [0.05, 0.1) is 15.0 Å². The first-order valence-corrected chi connectivity index (χ1v) is 8.62. The molecule has 0 saturated heterocycles. The molecule has 0 aromatic heterocycles. The van der Waals surface area contributed by atoms with E-state index in [1.54, 1.807) is 0 Å². The van der Waals surface area contributed by atoms with E-state index in [4.69, 9.17) is 4.74 Å². The normalized spacial score (nSPS) is 14.6. The topological polar surface area (TPSA) is 116 Å². The Kier molecular flexibility index (Phi) is 6.63. The molecule has 8 nitrogen and oxygen atoms in total. The Labute approximate surface area is 152 Å². The molecule has 1 aliphatic carbocycles. The molecule has 25 heavy (non-hydrogen) atoms. The molecule has 0 bridgehead atoms. The molecule has 1 N–H and O–H groups in total. The monoisotopic (exact) mass is 412 g/mol. The second kappa shape index (κ2) is 8.70. The smallest absolute Gasteiger partial charge is 0.338 e. The van der Waals surface area contributed by atoms with Crippen LogP contribution in [-0.4, -0.2) is 29.3 Å². The third-order valence-corrected chi connectivity index (χ3v) is 4.62. The van der Waals surface area contributed by atoms with Gasteiger partial charge >= 0.3 is 5.97 Å². The lowest BCUT2D eigenvalue weighted by molar-refractivity contribution is -0.385. The number of hydrogen-bond donors (Lipinski definition) is 1. The number of benzene rings is 1. The van der Waals surface area contributed by atoms with Crippen LogP contribution in [0, 0.1) is 16.0 Å².